The molecule has 0 aromatic carbocycles. The van der Waals surface area contributed by atoms with Gasteiger partial charge in [-0.2, -0.15) is 0 Å². The third-order valence-corrected chi connectivity index (χ3v) is 4.78. The van der Waals surface area contributed by atoms with Crippen LogP contribution in [-0.2, 0) is 15.6 Å². The first-order valence-corrected chi connectivity index (χ1v) is 7.90. The number of hydrogen-bond acceptors (Lipinski definition) is 3. The van der Waals surface area contributed by atoms with Crippen LogP contribution in [0.25, 0.3) is 0 Å². The third kappa shape index (κ3) is 2.54. The monoisotopic (exact) mass is 243 g/mol. The fraction of sp³-hybridized carbons (Fsp3) is 0.917. The Morgan fingerprint density at radius 1 is 1.38 bits per heavy atom. The van der Waals surface area contributed by atoms with E-state index >= 15 is 0 Å². The van der Waals surface area contributed by atoms with Gasteiger partial charge in [-0.05, 0) is 19.8 Å². The minimum absolute atomic E-state index is 0.356. The van der Waals surface area contributed by atoms with Crippen LogP contribution in [0.1, 0.15) is 39.0 Å². The number of carbonyl (C=O) groups is 1. The zero-order chi connectivity index (χ0) is 11.7. The number of nitrogens with zero attached hydrogens (tertiary/aromatic N) is 1. The van der Waals surface area contributed by atoms with Gasteiger partial charge in [0.2, 0.25) is 0 Å². The van der Waals surface area contributed by atoms with E-state index in [4.69, 9.17) is 0 Å². The van der Waals surface area contributed by atoms with E-state index in [0.717, 1.165) is 31.4 Å². The van der Waals surface area contributed by atoms with Crippen molar-refractivity contribution >= 4 is 16.6 Å². The van der Waals surface area contributed by atoms with E-state index in [2.05, 4.69) is 11.8 Å². The summed E-state index contributed by atoms with van der Waals surface area (Å²) in [7, 11) is -0.740. The quantitative estimate of drug-likeness (QED) is 0.750. The maximum atomic E-state index is 11.6. The molecule has 4 atom stereocenters. The molecule has 92 valence electrons. The molecule has 4 unspecified atom stereocenters. The maximum absolute atomic E-state index is 11.6. The lowest BCUT2D eigenvalue weighted by atomic mass is 9.83. The largest absolute Gasteiger partial charge is 0.300 e. The highest BCUT2D eigenvalue weighted by atomic mass is 32.2. The van der Waals surface area contributed by atoms with Gasteiger partial charge in [0.15, 0.2) is 0 Å². The number of hydrogen-bond donors (Lipinski definition) is 0. The third-order valence-electron chi connectivity index (χ3n) is 3.83. The summed E-state index contributed by atoms with van der Waals surface area (Å²) in [5.41, 5.74) is 0. The summed E-state index contributed by atoms with van der Waals surface area (Å²) in [6.45, 7) is 2.16. The number of fused-ring (bicyclic) bond motifs is 2. The number of rotatable bonds is 3. The van der Waals surface area contributed by atoms with Crippen molar-refractivity contribution in [3.63, 3.8) is 0 Å². The molecule has 2 heterocycles. The highest BCUT2D eigenvalue weighted by Crippen LogP contribution is 2.33. The highest BCUT2D eigenvalue weighted by molar-refractivity contribution is 7.84. The minimum atomic E-state index is -0.740. The molecule has 2 saturated heterocycles. The van der Waals surface area contributed by atoms with Crippen molar-refractivity contribution in [1.82, 2.24) is 4.90 Å². The summed E-state index contributed by atoms with van der Waals surface area (Å²) >= 11 is 0. The van der Waals surface area contributed by atoms with Crippen LogP contribution in [0.3, 0.4) is 0 Å². The molecule has 0 spiro atoms. The molecule has 2 aliphatic rings. The van der Waals surface area contributed by atoms with E-state index in [1.54, 1.807) is 6.26 Å². The first-order valence-electron chi connectivity index (χ1n) is 6.17. The molecular weight excluding hydrogens is 222 g/mol. The molecule has 0 saturated carbocycles. The van der Waals surface area contributed by atoms with Gasteiger partial charge in [-0.15, -0.1) is 0 Å². The summed E-state index contributed by atoms with van der Waals surface area (Å²) in [6.07, 6.45) is 6.74. The molecular formula is C12H21NO2S. The summed E-state index contributed by atoms with van der Waals surface area (Å²) in [4.78, 5) is 14.1. The Hall–Kier alpha value is -0.220. The van der Waals surface area contributed by atoms with Crippen LogP contribution < -0.4 is 0 Å². The van der Waals surface area contributed by atoms with E-state index in [0.29, 0.717) is 23.9 Å². The highest BCUT2D eigenvalue weighted by Gasteiger charge is 2.39. The average molecular weight is 243 g/mol. The van der Waals surface area contributed by atoms with Crippen molar-refractivity contribution in [2.75, 3.05) is 12.0 Å². The van der Waals surface area contributed by atoms with Gasteiger partial charge >= 0.3 is 0 Å². The van der Waals surface area contributed by atoms with Crippen LogP contribution in [0.5, 0.6) is 0 Å². The molecule has 0 amide bonds. The lowest BCUT2D eigenvalue weighted by Crippen LogP contribution is -2.57. The summed E-state index contributed by atoms with van der Waals surface area (Å²) in [5.74, 6) is 1.16. The van der Waals surface area contributed by atoms with Gasteiger partial charge in [0.1, 0.15) is 5.78 Å². The van der Waals surface area contributed by atoms with Crippen molar-refractivity contribution in [3.8, 4) is 0 Å². The van der Waals surface area contributed by atoms with Crippen molar-refractivity contribution in [2.45, 2.75) is 57.2 Å². The Morgan fingerprint density at radius 3 is 2.44 bits per heavy atom. The van der Waals surface area contributed by atoms with Crippen LogP contribution in [-0.4, -0.2) is 45.0 Å². The lowest BCUT2D eigenvalue weighted by molar-refractivity contribution is -0.128. The number of carbonyl (C=O) groups excluding carboxylic acids is 1. The van der Waals surface area contributed by atoms with E-state index in [1.807, 2.05) is 0 Å². The SMILES string of the molecule is CC(CS(C)=O)N1C2CCCC1CC(=O)C2. The Bertz CT molecular complexity index is 289. The molecule has 0 radical (unpaired) electrons. The Morgan fingerprint density at radius 2 is 1.94 bits per heavy atom. The molecule has 0 aromatic heterocycles. The van der Waals surface area contributed by atoms with Crippen LogP contribution in [0.2, 0.25) is 0 Å². The molecule has 4 heteroatoms. The van der Waals surface area contributed by atoms with Gasteiger partial charge in [0, 0.05) is 53.8 Å². The first-order chi connectivity index (χ1) is 7.58. The molecule has 2 aliphatic heterocycles. The van der Waals surface area contributed by atoms with Gasteiger partial charge in [-0.25, -0.2) is 0 Å². The van der Waals surface area contributed by atoms with E-state index in [-0.39, 0.29) is 0 Å². The zero-order valence-electron chi connectivity index (χ0n) is 10.1. The summed E-state index contributed by atoms with van der Waals surface area (Å²) < 4.78 is 11.3. The molecule has 0 N–H and O–H groups in total. The Kier molecular flexibility index (Phi) is 3.80. The van der Waals surface area contributed by atoms with Crippen molar-refractivity contribution in [1.29, 1.82) is 0 Å². The number of ketones is 1. The molecule has 2 fully saturated rings. The number of Topliss-reactive ketones (excluding diaryl/α,β-unsaturated/α-hetero) is 1. The minimum Gasteiger partial charge on any atom is -0.300 e. The van der Waals surface area contributed by atoms with Crippen LogP contribution in [0.15, 0.2) is 0 Å². The van der Waals surface area contributed by atoms with Gasteiger partial charge in [-0.1, -0.05) is 6.42 Å². The topological polar surface area (TPSA) is 37.4 Å². The number of piperidine rings is 2. The van der Waals surface area contributed by atoms with Gasteiger partial charge in [-0.3, -0.25) is 13.9 Å². The molecule has 0 aromatic rings. The zero-order valence-corrected chi connectivity index (χ0v) is 11.0. The predicted molar refractivity (Wildman–Crippen MR) is 65.9 cm³/mol. The maximum Gasteiger partial charge on any atom is 0.136 e. The fourth-order valence-corrected chi connectivity index (χ4v) is 4.21. The van der Waals surface area contributed by atoms with Crippen molar-refractivity contribution < 1.29 is 9.00 Å². The van der Waals surface area contributed by atoms with Crippen molar-refractivity contribution in [2.24, 2.45) is 0 Å². The standard InChI is InChI=1S/C12H21NO2S/c1-9(8-16(2)15)13-10-4-3-5-11(13)7-12(14)6-10/h9-11H,3-8H2,1-2H3. The van der Waals surface area contributed by atoms with Gasteiger partial charge in [0.25, 0.3) is 0 Å². The summed E-state index contributed by atoms with van der Waals surface area (Å²) in [6, 6.07) is 1.21. The molecule has 2 bridgehead atoms. The Labute approximate surface area is 100 Å². The second-order valence-corrected chi connectivity index (χ2v) is 6.70. The fourth-order valence-electron chi connectivity index (χ4n) is 3.35. The second kappa shape index (κ2) is 4.96. The smallest absolute Gasteiger partial charge is 0.136 e. The lowest BCUT2D eigenvalue weighted by Gasteiger charge is -2.48. The van der Waals surface area contributed by atoms with Gasteiger partial charge < -0.3 is 0 Å². The Balaban J connectivity index is 2.08. The summed E-state index contributed by atoms with van der Waals surface area (Å²) in [5, 5.41) is 0. The van der Waals surface area contributed by atoms with Crippen LogP contribution in [0.4, 0.5) is 0 Å². The molecule has 16 heavy (non-hydrogen) atoms. The van der Waals surface area contributed by atoms with Crippen LogP contribution in [0, 0.1) is 0 Å². The molecule has 2 rings (SSSR count). The molecule has 3 nitrogen and oxygen atoms in total. The first kappa shape index (κ1) is 12.2. The van der Waals surface area contributed by atoms with E-state index < -0.39 is 10.8 Å². The molecule has 0 aliphatic carbocycles. The van der Waals surface area contributed by atoms with Crippen molar-refractivity contribution in [3.05, 3.63) is 0 Å². The van der Waals surface area contributed by atoms with Crippen LogP contribution >= 0.6 is 0 Å². The van der Waals surface area contributed by atoms with E-state index in [9.17, 15) is 9.00 Å². The second-order valence-electron chi connectivity index (χ2n) is 5.22. The van der Waals surface area contributed by atoms with E-state index in [1.165, 1.54) is 6.42 Å². The average Bonchev–Trinajstić information content (AvgIpc) is 2.14. The predicted octanol–water partition coefficient (Wildman–Crippen LogP) is 1.34. The van der Waals surface area contributed by atoms with Gasteiger partial charge in [0.05, 0.1) is 0 Å². The normalized spacial score (nSPS) is 34.8.